The van der Waals surface area contributed by atoms with Crippen LogP contribution in [0, 0.1) is 0 Å². The van der Waals surface area contributed by atoms with Crippen LogP contribution in [-0.4, -0.2) is 15.8 Å². The van der Waals surface area contributed by atoms with Gasteiger partial charge >= 0.3 is 0 Å². The molecular formula is C122H139BN4. The van der Waals surface area contributed by atoms with Crippen molar-refractivity contribution in [3.05, 3.63) is 304 Å². The second-order valence-corrected chi connectivity index (χ2v) is 49.0. The molecule has 5 heteroatoms. The number of rotatable bonds is 8. The van der Waals surface area contributed by atoms with Crippen LogP contribution in [0.25, 0.3) is 99.5 Å². The molecule has 0 aliphatic carbocycles. The fourth-order valence-electron chi connectivity index (χ4n) is 20.0. The van der Waals surface area contributed by atoms with Gasteiger partial charge in [0.1, 0.15) is 0 Å². The van der Waals surface area contributed by atoms with Gasteiger partial charge in [0.05, 0.1) is 33.4 Å². The number of nitrogens with zero attached hydrogens (tertiary/aromatic N) is 4. The highest BCUT2D eigenvalue weighted by atomic mass is 15.2. The van der Waals surface area contributed by atoms with Gasteiger partial charge in [0, 0.05) is 66.8 Å². The van der Waals surface area contributed by atoms with E-state index in [1.54, 1.807) is 0 Å². The van der Waals surface area contributed by atoms with Crippen molar-refractivity contribution in [2.75, 3.05) is 9.80 Å². The summed E-state index contributed by atoms with van der Waals surface area (Å²) in [6, 6.07) is 98.6. The van der Waals surface area contributed by atoms with Crippen LogP contribution in [-0.2, 0) is 59.6 Å². The van der Waals surface area contributed by atoms with Crippen molar-refractivity contribution < 1.29 is 0 Å². The number of anilines is 6. The van der Waals surface area contributed by atoms with Gasteiger partial charge < -0.3 is 18.9 Å². The number of fused-ring (bicyclic) bond motifs is 10. The molecule has 2 aromatic heterocycles. The minimum atomic E-state index is -0.363. The van der Waals surface area contributed by atoms with Crippen LogP contribution < -0.4 is 26.2 Å². The normalized spacial score (nSPS) is 14.0. The third-order valence-electron chi connectivity index (χ3n) is 28.0. The first-order valence-corrected chi connectivity index (χ1v) is 47.0. The summed E-state index contributed by atoms with van der Waals surface area (Å²) in [4.78, 5) is 5.54. The fraction of sp³-hybridized carbons (Fsp3) is 0.361. The van der Waals surface area contributed by atoms with Gasteiger partial charge in [-0.15, -0.1) is 0 Å². The Hall–Kier alpha value is -10.9. The molecule has 0 saturated carbocycles. The Morgan fingerprint density at radius 1 is 0.181 bits per heavy atom. The second-order valence-electron chi connectivity index (χ2n) is 49.0. The highest BCUT2D eigenvalue weighted by Gasteiger charge is 2.47. The zero-order valence-corrected chi connectivity index (χ0v) is 83.0. The first-order valence-electron chi connectivity index (χ1n) is 47.0. The highest BCUT2D eigenvalue weighted by molar-refractivity contribution is 7.00. The molecule has 650 valence electrons. The van der Waals surface area contributed by atoms with E-state index in [1.807, 2.05) is 0 Å². The maximum Gasteiger partial charge on any atom is 0.252 e. The van der Waals surface area contributed by atoms with E-state index in [0.29, 0.717) is 0 Å². The number of hydrogen-bond donors (Lipinski definition) is 0. The molecule has 17 rings (SSSR count). The number of hydrogen-bond acceptors (Lipinski definition) is 2. The van der Waals surface area contributed by atoms with Crippen LogP contribution in [0.4, 0.5) is 34.1 Å². The van der Waals surface area contributed by atoms with Gasteiger partial charge in [-0.2, -0.15) is 0 Å². The quantitative estimate of drug-likeness (QED) is 0.141. The average Bonchev–Trinajstić information content (AvgIpc) is 1.16. The van der Waals surface area contributed by atoms with E-state index in [-0.39, 0.29) is 66.3 Å². The second kappa shape index (κ2) is 29.9. The van der Waals surface area contributed by atoms with Gasteiger partial charge in [0.25, 0.3) is 6.71 Å². The van der Waals surface area contributed by atoms with Crippen molar-refractivity contribution in [2.24, 2.45) is 0 Å². The molecule has 0 radical (unpaired) electrons. The van der Waals surface area contributed by atoms with Crippen LogP contribution in [0.3, 0.4) is 0 Å². The van der Waals surface area contributed by atoms with Crippen molar-refractivity contribution in [3.63, 3.8) is 0 Å². The van der Waals surface area contributed by atoms with E-state index in [2.05, 4.69) is 490 Å². The maximum absolute atomic E-state index is 2.77. The summed E-state index contributed by atoms with van der Waals surface area (Å²) < 4.78 is 5.19. The molecular weight excluding hydrogens is 1530 g/mol. The van der Waals surface area contributed by atoms with Gasteiger partial charge in [0.15, 0.2) is 0 Å². The standard InChI is InChI=1S/C122H139BN4/c1-112(2,3)78-40-34-74(35-41-78)91-52-38-76(89-54-44-84(118(19,20)21)68-97(89)121(28,29)30)62-105(91)126-107-72-87(124-101-58-46-80(114(7,8)9)64-93(101)94-65-81(115(10,11)12)47-59-102(94)124)50-56-99(107)123-100-57-51-88(125-103-60-48-82(116(13,14)15)66-95(103)96-67-83(117(16,17)18)49-61-104(96)125)73-108(100)127(110-71-86(120(25,26)27)70-109(126)111(110)123)106-63-77(39-53-92(106)75-36-42-79(43-37-75)113(4,5)6)90-55-45-85(119(22,23)24)69-98(90)122(31,32)33/h34-73H,1-33H3. The minimum Gasteiger partial charge on any atom is -0.311 e. The molecule has 2 aliphatic rings. The molecule has 15 aromatic rings. The summed E-state index contributed by atoms with van der Waals surface area (Å²) in [5.41, 5.74) is 40.3. The molecule has 0 saturated heterocycles. The molecule has 4 heterocycles. The molecule has 0 bridgehead atoms. The molecule has 2 aliphatic heterocycles. The number of benzene rings is 13. The Kier molecular flexibility index (Phi) is 20.7. The van der Waals surface area contributed by atoms with E-state index < -0.39 is 0 Å². The van der Waals surface area contributed by atoms with Crippen molar-refractivity contribution in [2.45, 2.75) is 288 Å². The molecule has 0 fully saturated rings. The largest absolute Gasteiger partial charge is 0.311 e. The Bertz CT molecular complexity index is 6370. The van der Waals surface area contributed by atoms with Crippen LogP contribution in [0.1, 0.15) is 290 Å². The highest BCUT2D eigenvalue weighted by Crippen LogP contribution is 2.55. The average molecular weight is 1670 g/mol. The van der Waals surface area contributed by atoms with Gasteiger partial charge in [-0.3, -0.25) is 0 Å². The SMILES string of the molecule is CC(C)(C)c1ccc(-c2ccc(-c3ccc(C(C)(C)C)cc3C(C)(C)C)cc2N2c3cc(-n4c5ccc(C(C)(C)C)cc5c5cc(C(C)(C)C)ccc54)ccc3B3c4ccc(-n5c6ccc(C(C)(C)C)cc6c6cc(C(C)(C)C)ccc65)cc4N(c4cc(-c5ccc(C(C)(C)C)cc5C(C)(C)C)ccc4-c4ccc(C(C)(C)C)cc4)c4cc(C(C)(C)C)cc2c43)cc1. The summed E-state index contributed by atoms with van der Waals surface area (Å²) in [5, 5.41) is 5.07. The van der Waals surface area contributed by atoms with Crippen LogP contribution >= 0.6 is 0 Å². The summed E-state index contributed by atoms with van der Waals surface area (Å²) in [5.74, 6) is 0. The monoisotopic (exact) mass is 1670 g/mol. The van der Waals surface area contributed by atoms with Gasteiger partial charge in [-0.05, 0) is 268 Å². The summed E-state index contributed by atoms with van der Waals surface area (Å²) in [6.07, 6.45) is 0. The molecule has 0 N–H and O–H groups in total. The summed E-state index contributed by atoms with van der Waals surface area (Å²) >= 11 is 0. The summed E-state index contributed by atoms with van der Waals surface area (Å²) in [6.45, 7) is 77.7. The van der Waals surface area contributed by atoms with Gasteiger partial charge in [-0.1, -0.05) is 374 Å². The Labute approximate surface area is 762 Å². The van der Waals surface area contributed by atoms with E-state index in [0.717, 1.165) is 45.3 Å². The topological polar surface area (TPSA) is 16.3 Å². The van der Waals surface area contributed by atoms with Crippen molar-refractivity contribution in [3.8, 4) is 55.9 Å². The van der Waals surface area contributed by atoms with E-state index in [1.165, 1.54) is 166 Å². The van der Waals surface area contributed by atoms with Crippen LogP contribution in [0.15, 0.2) is 243 Å². The predicted molar refractivity (Wildman–Crippen MR) is 557 cm³/mol. The first-order chi connectivity index (χ1) is 58.9. The van der Waals surface area contributed by atoms with Crippen molar-refractivity contribution in [1.82, 2.24) is 9.13 Å². The molecule has 0 amide bonds. The Morgan fingerprint density at radius 3 is 0.709 bits per heavy atom. The van der Waals surface area contributed by atoms with Gasteiger partial charge in [0.2, 0.25) is 0 Å². The Balaban J connectivity index is 1.06. The molecule has 0 spiro atoms. The zero-order chi connectivity index (χ0) is 91.6. The fourth-order valence-corrected chi connectivity index (χ4v) is 20.0. The lowest BCUT2D eigenvalue weighted by Crippen LogP contribution is -2.61. The first kappa shape index (κ1) is 88.2. The lowest BCUT2D eigenvalue weighted by molar-refractivity contribution is 0.569. The molecule has 13 aromatic carbocycles. The molecule has 0 atom stereocenters. The predicted octanol–water partition coefficient (Wildman–Crippen LogP) is 32.9. The lowest BCUT2D eigenvalue weighted by atomic mass is 9.33. The smallest absolute Gasteiger partial charge is 0.252 e. The third-order valence-corrected chi connectivity index (χ3v) is 28.0. The van der Waals surface area contributed by atoms with Crippen molar-refractivity contribution in [1.29, 1.82) is 0 Å². The third kappa shape index (κ3) is 15.8. The maximum atomic E-state index is 2.77. The minimum absolute atomic E-state index is 0.0616. The molecule has 0 unspecified atom stereocenters. The van der Waals surface area contributed by atoms with Crippen molar-refractivity contribution >= 4 is 101 Å². The van der Waals surface area contributed by atoms with Crippen LogP contribution in [0.2, 0.25) is 0 Å². The van der Waals surface area contributed by atoms with Crippen LogP contribution in [0.5, 0.6) is 0 Å². The van der Waals surface area contributed by atoms with E-state index in [4.69, 9.17) is 0 Å². The summed E-state index contributed by atoms with van der Waals surface area (Å²) in [7, 11) is 0. The Morgan fingerprint density at radius 2 is 0.433 bits per heavy atom. The van der Waals surface area contributed by atoms with Gasteiger partial charge in [-0.25, -0.2) is 0 Å². The van der Waals surface area contributed by atoms with E-state index >= 15 is 0 Å². The molecule has 127 heavy (non-hydrogen) atoms. The molecule has 4 nitrogen and oxygen atoms in total. The zero-order valence-electron chi connectivity index (χ0n) is 83.0. The number of aromatic nitrogens is 2. The lowest BCUT2D eigenvalue weighted by Gasteiger charge is -2.46. The van der Waals surface area contributed by atoms with E-state index in [9.17, 15) is 0 Å².